The summed E-state index contributed by atoms with van der Waals surface area (Å²) in [5, 5.41) is 3.79. The first-order chi connectivity index (χ1) is 10.6. The van der Waals surface area contributed by atoms with Gasteiger partial charge in [0.25, 0.3) is 5.91 Å². The van der Waals surface area contributed by atoms with Gasteiger partial charge in [-0.15, -0.1) is 0 Å². The Morgan fingerprint density at radius 2 is 2.09 bits per heavy atom. The summed E-state index contributed by atoms with van der Waals surface area (Å²) in [4.78, 5) is 17.9. The molecule has 0 bridgehead atoms. The summed E-state index contributed by atoms with van der Waals surface area (Å²) >= 11 is 0. The molecule has 0 radical (unpaired) electrons. The van der Waals surface area contributed by atoms with E-state index in [1.165, 1.54) is 6.07 Å². The van der Waals surface area contributed by atoms with Crippen LogP contribution < -0.4 is 5.32 Å². The molecule has 0 spiro atoms. The topological polar surface area (TPSA) is 60.7 Å². The van der Waals surface area contributed by atoms with E-state index in [0.717, 1.165) is 22.2 Å². The van der Waals surface area contributed by atoms with Crippen LogP contribution in [0, 0.1) is 19.7 Å². The molecule has 1 aromatic carbocycles. The Bertz CT molecular complexity index is 818. The van der Waals surface area contributed by atoms with Crippen LogP contribution in [0.5, 0.6) is 0 Å². The van der Waals surface area contributed by atoms with Crippen LogP contribution in [0.25, 0.3) is 10.9 Å². The van der Waals surface area contributed by atoms with Crippen molar-refractivity contribution < 1.29 is 9.18 Å². The van der Waals surface area contributed by atoms with E-state index in [1.54, 1.807) is 24.4 Å². The number of nitrogens with one attached hydrogen (secondary N) is 3. The van der Waals surface area contributed by atoms with Crippen LogP contribution in [-0.4, -0.2) is 22.4 Å². The summed E-state index contributed by atoms with van der Waals surface area (Å²) in [6, 6.07) is 6.77. The highest BCUT2D eigenvalue weighted by molar-refractivity contribution is 5.92. The van der Waals surface area contributed by atoms with Crippen LogP contribution in [0.15, 0.2) is 30.5 Å². The molecule has 3 rings (SSSR count). The Morgan fingerprint density at radius 3 is 2.82 bits per heavy atom. The van der Waals surface area contributed by atoms with Crippen LogP contribution in [-0.2, 0) is 6.42 Å². The molecule has 0 aliphatic heterocycles. The number of aromatic nitrogens is 2. The predicted octanol–water partition coefficient (Wildman–Crippen LogP) is 3.22. The molecule has 0 saturated carbocycles. The number of H-pyrrole nitrogens is 2. The van der Waals surface area contributed by atoms with E-state index in [2.05, 4.69) is 15.3 Å². The van der Waals surface area contributed by atoms with Crippen molar-refractivity contribution in [1.29, 1.82) is 0 Å². The minimum Gasteiger partial charge on any atom is -0.357 e. The van der Waals surface area contributed by atoms with Gasteiger partial charge in [-0.2, -0.15) is 0 Å². The summed E-state index contributed by atoms with van der Waals surface area (Å²) in [5.41, 5.74) is 4.11. The number of fused-ring (bicyclic) bond motifs is 1. The van der Waals surface area contributed by atoms with Crippen molar-refractivity contribution in [2.75, 3.05) is 6.54 Å². The minimum absolute atomic E-state index is 0.134. The molecule has 2 aromatic heterocycles. The van der Waals surface area contributed by atoms with Crippen molar-refractivity contribution in [1.82, 2.24) is 15.3 Å². The van der Waals surface area contributed by atoms with Gasteiger partial charge < -0.3 is 15.3 Å². The maximum absolute atomic E-state index is 13.9. The molecule has 3 aromatic rings. The van der Waals surface area contributed by atoms with E-state index in [9.17, 15) is 9.18 Å². The summed E-state index contributed by atoms with van der Waals surface area (Å²) in [5.74, 6) is -0.379. The zero-order valence-electron chi connectivity index (χ0n) is 12.6. The van der Waals surface area contributed by atoms with E-state index in [0.29, 0.717) is 24.2 Å². The summed E-state index contributed by atoms with van der Waals surface area (Å²) in [6.07, 6.45) is 2.37. The number of aromatic amines is 2. The van der Waals surface area contributed by atoms with Crippen molar-refractivity contribution in [2.45, 2.75) is 20.3 Å². The number of hydrogen-bond acceptors (Lipinski definition) is 1. The van der Waals surface area contributed by atoms with Crippen molar-refractivity contribution >= 4 is 16.8 Å². The Balaban J connectivity index is 1.78. The molecule has 22 heavy (non-hydrogen) atoms. The van der Waals surface area contributed by atoms with Crippen LogP contribution in [0.3, 0.4) is 0 Å². The van der Waals surface area contributed by atoms with Gasteiger partial charge >= 0.3 is 0 Å². The molecular formula is C17H18FN3O. The lowest BCUT2D eigenvalue weighted by molar-refractivity contribution is 0.0950. The molecule has 0 aliphatic rings. The van der Waals surface area contributed by atoms with Gasteiger partial charge in [0.05, 0.1) is 5.52 Å². The summed E-state index contributed by atoms with van der Waals surface area (Å²) < 4.78 is 13.9. The lowest BCUT2D eigenvalue weighted by Gasteiger charge is -2.06. The maximum atomic E-state index is 13.9. The number of carbonyl (C=O) groups is 1. The number of aryl methyl sites for hydroxylation is 2. The molecule has 3 N–H and O–H groups in total. The summed E-state index contributed by atoms with van der Waals surface area (Å²) in [7, 11) is 0. The fourth-order valence-corrected chi connectivity index (χ4v) is 2.82. The monoisotopic (exact) mass is 299 g/mol. The van der Waals surface area contributed by atoms with E-state index >= 15 is 0 Å². The normalized spacial score (nSPS) is 11.0. The van der Waals surface area contributed by atoms with Crippen molar-refractivity contribution in [3.8, 4) is 0 Å². The maximum Gasteiger partial charge on any atom is 0.267 e. The predicted molar refractivity (Wildman–Crippen MR) is 84.6 cm³/mol. The number of halogens is 1. The van der Waals surface area contributed by atoms with Gasteiger partial charge in [0.15, 0.2) is 0 Å². The molecule has 0 atom stereocenters. The zero-order chi connectivity index (χ0) is 15.7. The zero-order valence-corrected chi connectivity index (χ0v) is 12.6. The molecule has 0 fully saturated rings. The van der Waals surface area contributed by atoms with Gasteiger partial charge in [-0.25, -0.2) is 4.39 Å². The largest absolute Gasteiger partial charge is 0.357 e. The van der Waals surface area contributed by atoms with Crippen LogP contribution in [0.1, 0.15) is 27.3 Å². The van der Waals surface area contributed by atoms with Crippen molar-refractivity contribution in [3.05, 3.63) is 58.8 Å². The first-order valence-corrected chi connectivity index (χ1v) is 7.25. The van der Waals surface area contributed by atoms with Crippen LogP contribution in [0.4, 0.5) is 4.39 Å². The third kappa shape index (κ3) is 2.50. The Kier molecular flexibility index (Phi) is 3.71. The number of hydrogen-bond donors (Lipinski definition) is 3. The lowest BCUT2D eigenvalue weighted by atomic mass is 10.0. The van der Waals surface area contributed by atoms with Crippen molar-refractivity contribution in [3.63, 3.8) is 0 Å². The fourth-order valence-electron chi connectivity index (χ4n) is 2.82. The second-order valence-corrected chi connectivity index (χ2v) is 5.43. The molecule has 1 amide bonds. The first-order valence-electron chi connectivity index (χ1n) is 7.25. The number of benzene rings is 1. The first kappa shape index (κ1) is 14.4. The highest BCUT2D eigenvalue weighted by Gasteiger charge is 2.14. The highest BCUT2D eigenvalue weighted by Crippen LogP contribution is 2.27. The second-order valence-electron chi connectivity index (χ2n) is 5.43. The average molecular weight is 299 g/mol. The molecule has 0 aliphatic carbocycles. The Hall–Kier alpha value is -2.56. The van der Waals surface area contributed by atoms with Gasteiger partial charge in [0.1, 0.15) is 11.5 Å². The van der Waals surface area contributed by atoms with E-state index < -0.39 is 0 Å². The Labute approximate surface area is 127 Å². The smallest absolute Gasteiger partial charge is 0.267 e. The molecule has 114 valence electrons. The molecule has 0 unspecified atom stereocenters. The molecule has 4 nitrogen and oxygen atoms in total. The standard InChI is InChI=1S/C17H18FN3O/c1-10-5-6-13(18)16-15(10)12(11(2)21-16)7-9-20-17(22)14-4-3-8-19-14/h3-6,8,19,21H,7,9H2,1-2H3,(H,20,22). The third-order valence-corrected chi connectivity index (χ3v) is 3.93. The number of amides is 1. The van der Waals surface area contributed by atoms with Gasteiger partial charge in [-0.05, 0) is 49.6 Å². The average Bonchev–Trinajstić information content (AvgIpc) is 3.12. The van der Waals surface area contributed by atoms with Gasteiger partial charge in [0, 0.05) is 23.8 Å². The minimum atomic E-state index is -0.245. The van der Waals surface area contributed by atoms with Crippen molar-refractivity contribution in [2.24, 2.45) is 0 Å². The van der Waals surface area contributed by atoms with Gasteiger partial charge in [-0.3, -0.25) is 4.79 Å². The van der Waals surface area contributed by atoms with E-state index in [4.69, 9.17) is 0 Å². The third-order valence-electron chi connectivity index (χ3n) is 3.93. The van der Waals surface area contributed by atoms with Gasteiger partial charge in [0.2, 0.25) is 0 Å². The SMILES string of the molecule is Cc1[nH]c2c(F)ccc(C)c2c1CCNC(=O)c1ccc[nH]1. The second kappa shape index (κ2) is 5.67. The highest BCUT2D eigenvalue weighted by atomic mass is 19.1. The Morgan fingerprint density at radius 1 is 1.27 bits per heavy atom. The molecule has 0 saturated heterocycles. The van der Waals surface area contributed by atoms with Gasteiger partial charge in [-0.1, -0.05) is 6.07 Å². The fraction of sp³-hybridized carbons (Fsp3) is 0.235. The molecule has 2 heterocycles. The lowest BCUT2D eigenvalue weighted by Crippen LogP contribution is -2.26. The quantitative estimate of drug-likeness (QED) is 0.680. The molecular weight excluding hydrogens is 281 g/mol. The summed E-state index contributed by atoms with van der Waals surface area (Å²) in [6.45, 7) is 4.40. The molecule has 5 heteroatoms. The number of carbonyl (C=O) groups excluding carboxylic acids is 1. The van der Waals surface area contributed by atoms with Crippen LogP contribution in [0.2, 0.25) is 0 Å². The number of rotatable bonds is 4. The van der Waals surface area contributed by atoms with E-state index in [1.807, 2.05) is 13.8 Å². The van der Waals surface area contributed by atoms with Crippen LogP contribution >= 0.6 is 0 Å². The van der Waals surface area contributed by atoms with E-state index in [-0.39, 0.29) is 11.7 Å².